The lowest BCUT2D eigenvalue weighted by Crippen LogP contribution is -2.56. The van der Waals surface area contributed by atoms with Crippen molar-refractivity contribution in [3.8, 4) is 0 Å². The largest absolute Gasteiger partial charge is 0.383 e. The van der Waals surface area contributed by atoms with Gasteiger partial charge in [-0.2, -0.15) is 0 Å². The van der Waals surface area contributed by atoms with Gasteiger partial charge in [-0.1, -0.05) is 18.2 Å². The average molecular weight is 333 g/mol. The molecule has 1 heterocycles. The third-order valence-corrected chi connectivity index (χ3v) is 4.47. The zero-order chi connectivity index (χ0) is 17.4. The lowest BCUT2D eigenvalue weighted by molar-refractivity contribution is -0.129. The summed E-state index contributed by atoms with van der Waals surface area (Å²) in [5, 5.41) is 6.13. The molecule has 0 saturated carbocycles. The normalized spacial score (nSPS) is 20.2. The first-order valence-corrected chi connectivity index (χ1v) is 8.44. The van der Waals surface area contributed by atoms with Gasteiger partial charge in [0.15, 0.2) is 0 Å². The van der Waals surface area contributed by atoms with Crippen LogP contribution in [0.4, 0.5) is 0 Å². The van der Waals surface area contributed by atoms with Gasteiger partial charge >= 0.3 is 0 Å². The van der Waals surface area contributed by atoms with Crippen LogP contribution in [-0.2, 0) is 9.53 Å². The zero-order valence-corrected chi connectivity index (χ0v) is 14.5. The lowest BCUT2D eigenvalue weighted by Gasteiger charge is -2.34. The summed E-state index contributed by atoms with van der Waals surface area (Å²) in [6, 6.07) is 9.14. The number of rotatable bonds is 8. The number of nitrogens with zero attached hydrogens (tertiary/aromatic N) is 1. The van der Waals surface area contributed by atoms with E-state index >= 15 is 0 Å². The van der Waals surface area contributed by atoms with Crippen molar-refractivity contribution in [1.82, 2.24) is 15.5 Å². The van der Waals surface area contributed by atoms with Gasteiger partial charge in [0.2, 0.25) is 5.91 Å². The molecule has 0 aliphatic carbocycles. The fraction of sp³-hybridized carbons (Fsp3) is 0.556. The van der Waals surface area contributed by atoms with Crippen LogP contribution in [0.15, 0.2) is 30.3 Å². The van der Waals surface area contributed by atoms with Gasteiger partial charge in [-0.3, -0.25) is 9.59 Å². The Morgan fingerprint density at radius 3 is 2.67 bits per heavy atom. The molecular formula is C18H27N3O3. The van der Waals surface area contributed by atoms with E-state index in [9.17, 15) is 9.59 Å². The van der Waals surface area contributed by atoms with E-state index in [-0.39, 0.29) is 11.8 Å². The van der Waals surface area contributed by atoms with E-state index in [0.29, 0.717) is 38.2 Å². The summed E-state index contributed by atoms with van der Waals surface area (Å²) in [6.45, 7) is 5.08. The Balaban J connectivity index is 1.91. The highest BCUT2D eigenvalue weighted by Crippen LogP contribution is 2.30. The van der Waals surface area contributed by atoms with E-state index in [1.165, 1.54) is 0 Å². The van der Waals surface area contributed by atoms with Crippen molar-refractivity contribution in [3.05, 3.63) is 35.9 Å². The van der Waals surface area contributed by atoms with E-state index in [1.807, 2.05) is 25.1 Å². The molecule has 24 heavy (non-hydrogen) atoms. The molecule has 1 aliphatic rings. The molecule has 1 aromatic rings. The average Bonchev–Trinajstić information content (AvgIpc) is 3.01. The van der Waals surface area contributed by atoms with E-state index < -0.39 is 5.54 Å². The molecule has 132 valence electrons. The SMILES string of the molecule is COCCNCCNC(=O)C1(C)CCCN1C(=O)c1ccccc1. The first kappa shape index (κ1) is 18.4. The number of hydrogen-bond acceptors (Lipinski definition) is 4. The number of nitrogens with one attached hydrogen (secondary N) is 2. The minimum atomic E-state index is -0.778. The van der Waals surface area contributed by atoms with Crippen molar-refractivity contribution in [3.63, 3.8) is 0 Å². The summed E-state index contributed by atoms with van der Waals surface area (Å²) in [6.07, 6.45) is 1.53. The molecule has 2 amide bonds. The van der Waals surface area contributed by atoms with Crippen LogP contribution < -0.4 is 10.6 Å². The monoisotopic (exact) mass is 333 g/mol. The number of amides is 2. The van der Waals surface area contributed by atoms with Crippen LogP contribution in [0.2, 0.25) is 0 Å². The van der Waals surface area contributed by atoms with Crippen LogP contribution in [0.1, 0.15) is 30.1 Å². The van der Waals surface area contributed by atoms with Crippen LogP contribution in [0, 0.1) is 0 Å². The van der Waals surface area contributed by atoms with Crippen molar-refractivity contribution in [2.75, 3.05) is 39.9 Å². The Labute approximate surface area is 143 Å². The first-order valence-electron chi connectivity index (χ1n) is 8.44. The van der Waals surface area contributed by atoms with Crippen molar-refractivity contribution < 1.29 is 14.3 Å². The smallest absolute Gasteiger partial charge is 0.254 e. The zero-order valence-electron chi connectivity index (χ0n) is 14.5. The summed E-state index contributed by atoms with van der Waals surface area (Å²) in [7, 11) is 1.66. The van der Waals surface area contributed by atoms with Crippen LogP contribution in [0.3, 0.4) is 0 Å². The number of benzene rings is 1. The maximum atomic E-state index is 12.7. The third-order valence-electron chi connectivity index (χ3n) is 4.47. The van der Waals surface area contributed by atoms with Gasteiger partial charge in [0.1, 0.15) is 5.54 Å². The number of carbonyl (C=O) groups excluding carboxylic acids is 2. The molecule has 1 fully saturated rings. The molecule has 6 nitrogen and oxygen atoms in total. The van der Waals surface area contributed by atoms with Crippen LogP contribution in [0.5, 0.6) is 0 Å². The van der Waals surface area contributed by atoms with Gasteiger partial charge in [0.05, 0.1) is 6.61 Å². The van der Waals surface area contributed by atoms with Gasteiger partial charge in [-0.05, 0) is 31.9 Å². The summed E-state index contributed by atoms with van der Waals surface area (Å²) in [5.74, 6) is -0.165. The van der Waals surface area contributed by atoms with Crippen LogP contribution >= 0.6 is 0 Å². The van der Waals surface area contributed by atoms with Gasteiger partial charge in [0, 0.05) is 38.9 Å². The number of hydrogen-bond donors (Lipinski definition) is 2. The summed E-state index contributed by atoms with van der Waals surface area (Å²) in [4.78, 5) is 27.1. The standard InChI is InChI=1S/C18H27N3O3/c1-18(17(23)20-11-10-19-12-14-24-2)9-6-13-21(18)16(22)15-7-4-3-5-8-15/h3-5,7-8,19H,6,9-14H2,1-2H3,(H,20,23). The Morgan fingerprint density at radius 2 is 1.96 bits per heavy atom. The lowest BCUT2D eigenvalue weighted by atomic mass is 9.97. The van der Waals surface area contributed by atoms with E-state index in [1.54, 1.807) is 24.1 Å². The molecular weight excluding hydrogens is 306 g/mol. The van der Waals surface area contributed by atoms with Crippen molar-refractivity contribution in [2.45, 2.75) is 25.3 Å². The third kappa shape index (κ3) is 4.33. The first-order chi connectivity index (χ1) is 11.6. The second-order valence-corrected chi connectivity index (χ2v) is 6.20. The predicted octanol–water partition coefficient (Wildman–Crippen LogP) is 1.03. The minimum Gasteiger partial charge on any atom is -0.383 e. The predicted molar refractivity (Wildman–Crippen MR) is 92.9 cm³/mol. The molecule has 0 spiro atoms. The minimum absolute atomic E-state index is 0.0797. The number of likely N-dealkylation sites (tertiary alicyclic amines) is 1. The molecule has 0 bridgehead atoms. The Morgan fingerprint density at radius 1 is 1.21 bits per heavy atom. The highest BCUT2D eigenvalue weighted by atomic mass is 16.5. The fourth-order valence-corrected chi connectivity index (χ4v) is 3.02. The van der Waals surface area contributed by atoms with Gasteiger partial charge in [-0.25, -0.2) is 0 Å². The topological polar surface area (TPSA) is 70.7 Å². The molecule has 1 atom stereocenters. The van der Waals surface area contributed by atoms with Gasteiger partial charge < -0.3 is 20.3 Å². The summed E-state index contributed by atoms with van der Waals surface area (Å²) in [5.41, 5.74) is -0.154. The molecule has 2 N–H and O–H groups in total. The second kappa shape index (κ2) is 8.80. The molecule has 1 aliphatic heterocycles. The highest BCUT2D eigenvalue weighted by Gasteiger charge is 2.45. The maximum Gasteiger partial charge on any atom is 0.254 e. The van der Waals surface area contributed by atoms with Crippen molar-refractivity contribution in [1.29, 1.82) is 0 Å². The highest BCUT2D eigenvalue weighted by molar-refractivity contribution is 5.99. The van der Waals surface area contributed by atoms with Crippen LogP contribution in [-0.4, -0.2) is 62.1 Å². The number of methoxy groups -OCH3 is 1. The fourth-order valence-electron chi connectivity index (χ4n) is 3.02. The molecule has 0 radical (unpaired) electrons. The number of ether oxygens (including phenoxy) is 1. The molecule has 1 aromatic carbocycles. The van der Waals surface area contributed by atoms with E-state index in [0.717, 1.165) is 13.0 Å². The van der Waals surface area contributed by atoms with E-state index in [2.05, 4.69) is 10.6 Å². The summed E-state index contributed by atoms with van der Waals surface area (Å²) < 4.78 is 4.96. The van der Waals surface area contributed by atoms with E-state index in [4.69, 9.17) is 4.74 Å². The molecule has 6 heteroatoms. The van der Waals surface area contributed by atoms with Crippen molar-refractivity contribution >= 4 is 11.8 Å². The molecule has 1 saturated heterocycles. The van der Waals surface area contributed by atoms with Gasteiger partial charge in [0.25, 0.3) is 5.91 Å². The Hall–Kier alpha value is -1.92. The maximum absolute atomic E-state index is 12.7. The van der Waals surface area contributed by atoms with Crippen molar-refractivity contribution in [2.24, 2.45) is 0 Å². The molecule has 1 unspecified atom stereocenters. The molecule has 2 rings (SSSR count). The second-order valence-electron chi connectivity index (χ2n) is 6.20. The van der Waals surface area contributed by atoms with Crippen LogP contribution in [0.25, 0.3) is 0 Å². The Bertz CT molecular complexity index is 550. The quantitative estimate of drug-likeness (QED) is 0.697. The molecule has 0 aromatic heterocycles. The number of carbonyl (C=O) groups is 2. The van der Waals surface area contributed by atoms with Gasteiger partial charge in [-0.15, -0.1) is 0 Å². The summed E-state index contributed by atoms with van der Waals surface area (Å²) >= 11 is 0. The Kier molecular flexibility index (Phi) is 6.75.